The van der Waals surface area contributed by atoms with Gasteiger partial charge in [0.2, 0.25) is 0 Å². The van der Waals surface area contributed by atoms with Gasteiger partial charge in [0.05, 0.1) is 0 Å². The molecule has 0 spiro atoms. The minimum atomic E-state index is 0.675. The van der Waals surface area contributed by atoms with Gasteiger partial charge in [0.1, 0.15) is 0 Å². The summed E-state index contributed by atoms with van der Waals surface area (Å²) in [6.07, 6.45) is 0. The van der Waals surface area contributed by atoms with E-state index in [9.17, 15) is 0 Å². The molecule has 3 fully saturated rings. The van der Waals surface area contributed by atoms with Gasteiger partial charge in [0, 0.05) is 112 Å². The topological polar surface area (TPSA) is 19.4 Å². The van der Waals surface area contributed by atoms with Crippen molar-refractivity contribution in [3.63, 3.8) is 0 Å². The van der Waals surface area contributed by atoms with Crippen molar-refractivity contribution in [2.24, 2.45) is 0 Å². The molecule has 0 unspecified atom stereocenters. The fourth-order valence-electron chi connectivity index (χ4n) is 8.28. The number of hydrogen-bond donors (Lipinski definition) is 0. The van der Waals surface area contributed by atoms with Gasteiger partial charge in [-0.25, -0.2) is 0 Å². The molecule has 3 heterocycles. The van der Waals surface area contributed by atoms with E-state index in [0.29, 0.717) is 72.5 Å². The molecule has 6 nitrogen and oxygen atoms in total. The Labute approximate surface area is 265 Å². The van der Waals surface area contributed by atoms with Crippen LogP contribution in [0.5, 0.6) is 0 Å². The van der Waals surface area contributed by atoms with Crippen molar-refractivity contribution in [2.75, 3.05) is 39.3 Å². The van der Waals surface area contributed by atoms with Crippen LogP contribution in [-0.4, -0.2) is 141 Å². The van der Waals surface area contributed by atoms with Crippen molar-refractivity contribution in [1.29, 1.82) is 0 Å². The molecule has 0 aliphatic carbocycles. The van der Waals surface area contributed by atoms with Crippen molar-refractivity contribution in [3.05, 3.63) is 0 Å². The molecule has 0 amide bonds. The maximum atomic E-state index is 2.64. The van der Waals surface area contributed by atoms with Gasteiger partial charge in [0.15, 0.2) is 0 Å². The molecular weight excluding hydrogens is 516 g/mol. The lowest BCUT2D eigenvalue weighted by atomic mass is 10.0. The molecule has 3 aliphatic rings. The molecule has 0 aromatic rings. The first kappa shape index (κ1) is 39.8. The summed E-state index contributed by atoms with van der Waals surface area (Å²) in [6.45, 7) is 49.1. The van der Waals surface area contributed by atoms with Gasteiger partial charge in [-0.05, 0) is 125 Å². The van der Waals surface area contributed by atoms with Crippen LogP contribution < -0.4 is 0 Å². The smallest absolute Gasteiger partial charge is 0.0223 e. The van der Waals surface area contributed by atoms with Gasteiger partial charge in [-0.15, -0.1) is 0 Å². The van der Waals surface area contributed by atoms with Crippen molar-refractivity contribution < 1.29 is 0 Å². The molecule has 0 aromatic carbocycles. The standard InChI is InChI=1S/3C12H26N2/c2*1-9(2)13-7-11(5)14(10(3)4)12(6)8-13;1-9(2)13-7-8-14(10(3)4)12(6)11(13)5/h3*9-12H,7-8H2,1-6H3/t3*11-,12-/m100/s1. The minimum absolute atomic E-state index is 0.675. The Hall–Kier alpha value is -0.240. The summed E-state index contributed by atoms with van der Waals surface area (Å²) in [7, 11) is 0. The Balaban J connectivity index is 0.000000315. The predicted octanol–water partition coefficient (Wildman–Crippen LogP) is 6.59. The lowest BCUT2D eigenvalue weighted by molar-refractivity contribution is 0.00129. The molecule has 3 rings (SSSR count). The van der Waals surface area contributed by atoms with Crippen LogP contribution in [0.1, 0.15) is 125 Å². The molecule has 3 saturated heterocycles. The van der Waals surface area contributed by atoms with Crippen LogP contribution in [0.15, 0.2) is 0 Å². The van der Waals surface area contributed by atoms with Crippen LogP contribution in [-0.2, 0) is 0 Å². The average Bonchev–Trinajstić information content (AvgIpc) is 2.84. The highest BCUT2D eigenvalue weighted by molar-refractivity contribution is 4.90. The van der Waals surface area contributed by atoms with Gasteiger partial charge < -0.3 is 0 Å². The summed E-state index contributed by atoms with van der Waals surface area (Å²) in [5.74, 6) is 0. The summed E-state index contributed by atoms with van der Waals surface area (Å²) in [5.41, 5.74) is 0. The minimum Gasteiger partial charge on any atom is -0.298 e. The molecule has 6 atom stereocenters. The first-order chi connectivity index (χ1) is 19.3. The lowest BCUT2D eigenvalue weighted by Gasteiger charge is -2.48. The van der Waals surface area contributed by atoms with Crippen LogP contribution in [0.3, 0.4) is 0 Å². The van der Waals surface area contributed by atoms with E-state index in [1.165, 1.54) is 39.3 Å². The first-order valence-electron chi connectivity index (χ1n) is 17.9. The zero-order chi connectivity index (χ0) is 32.6. The highest BCUT2D eigenvalue weighted by atomic mass is 15.3. The van der Waals surface area contributed by atoms with Gasteiger partial charge >= 0.3 is 0 Å². The Morgan fingerprint density at radius 1 is 0.357 bits per heavy atom. The highest BCUT2D eigenvalue weighted by Crippen LogP contribution is 2.22. The molecule has 0 radical (unpaired) electrons. The van der Waals surface area contributed by atoms with Crippen LogP contribution in [0, 0.1) is 0 Å². The summed E-state index contributed by atoms with van der Waals surface area (Å²) in [5, 5.41) is 0. The molecule has 3 aliphatic heterocycles. The van der Waals surface area contributed by atoms with Crippen molar-refractivity contribution in [3.8, 4) is 0 Å². The third kappa shape index (κ3) is 11.3. The highest BCUT2D eigenvalue weighted by Gasteiger charge is 2.34. The van der Waals surface area contributed by atoms with E-state index in [1.807, 2.05) is 0 Å². The third-order valence-electron chi connectivity index (χ3n) is 10.4. The SMILES string of the molecule is CC(C)N1CCN(C(C)C)[C@@H](C)[C@@H]1C.CC(C)N1C[C@@H](C)N(C(C)C)[C@H](C)C1.CC(C)N1C[C@H](C)N(C(C)C)[C@@H](C)C1. The summed E-state index contributed by atoms with van der Waals surface area (Å²) in [4.78, 5) is 15.7. The van der Waals surface area contributed by atoms with E-state index in [0.717, 1.165) is 0 Å². The Morgan fingerprint density at radius 2 is 0.595 bits per heavy atom. The maximum Gasteiger partial charge on any atom is 0.0223 e. The zero-order valence-electron chi connectivity index (χ0n) is 31.9. The number of hydrogen-bond acceptors (Lipinski definition) is 6. The quantitative estimate of drug-likeness (QED) is 0.343. The fraction of sp³-hybridized carbons (Fsp3) is 1.00. The van der Waals surface area contributed by atoms with Gasteiger partial charge in [-0.3, -0.25) is 29.4 Å². The molecule has 0 bridgehead atoms. The predicted molar refractivity (Wildman–Crippen MR) is 188 cm³/mol. The molecular formula is C36H78N6. The number of piperazine rings is 3. The first-order valence-corrected chi connectivity index (χ1v) is 17.9. The largest absolute Gasteiger partial charge is 0.298 e. The van der Waals surface area contributed by atoms with E-state index in [1.54, 1.807) is 0 Å². The molecule has 6 heteroatoms. The summed E-state index contributed by atoms with van der Waals surface area (Å²) in [6, 6.07) is 8.25. The van der Waals surface area contributed by atoms with Gasteiger partial charge in [0.25, 0.3) is 0 Å². The van der Waals surface area contributed by atoms with Crippen LogP contribution in [0.25, 0.3) is 0 Å². The zero-order valence-corrected chi connectivity index (χ0v) is 31.9. The van der Waals surface area contributed by atoms with E-state index >= 15 is 0 Å². The lowest BCUT2D eigenvalue weighted by Crippen LogP contribution is -2.60. The second-order valence-corrected chi connectivity index (χ2v) is 15.7. The molecule has 0 aromatic heterocycles. The summed E-state index contributed by atoms with van der Waals surface area (Å²) >= 11 is 0. The van der Waals surface area contributed by atoms with Crippen LogP contribution in [0.4, 0.5) is 0 Å². The molecule has 0 N–H and O–H groups in total. The molecule has 42 heavy (non-hydrogen) atoms. The maximum absolute atomic E-state index is 2.64. The van der Waals surface area contributed by atoms with Crippen LogP contribution >= 0.6 is 0 Å². The second kappa shape index (κ2) is 18.0. The third-order valence-corrected chi connectivity index (χ3v) is 10.4. The van der Waals surface area contributed by atoms with Crippen molar-refractivity contribution >= 4 is 0 Å². The van der Waals surface area contributed by atoms with E-state index in [2.05, 4.69) is 154 Å². The van der Waals surface area contributed by atoms with Crippen molar-refractivity contribution in [2.45, 2.75) is 197 Å². The average molecular weight is 595 g/mol. The number of nitrogens with zero attached hydrogens (tertiary/aromatic N) is 6. The normalized spacial score (nSPS) is 31.7. The monoisotopic (exact) mass is 595 g/mol. The van der Waals surface area contributed by atoms with Crippen LogP contribution in [0.2, 0.25) is 0 Å². The number of rotatable bonds is 6. The van der Waals surface area contributed by atoms with E-state index in [4.69, 9.17) is 0 Å². The Morgan fingerprint density at radius 3 is 0.762 bits per heavy atom. The van der Waals surface area contributed by atoms with E-state index < -0.39 is 0 Å². The Kier molecular flexibility index (Phi) is 17.1. The fourth-order valence-corrected chi connectivity index (χ4v) is 8.28. The van der Waals surface area contributed by atoms with E-state index in [-0.39, 0.29) is 0 Å². The van der Waals surface area contributed by atoms with Gasteiger partial charge in [-0.2, -0.15) is 0 Å². The molecule has 0 saturated carbocycles. The second-order valence-electron chi connectivity index (χ2n) is 15.7. The van der Waals surface area contributed by atoms with Gasteiger partial charge in [-0.1, -0.05) is 0 Å². The molecule has 252 valence electrons. The van der Waals surface area contributed by atoms with Crippen molar-refractivity contribution in [1.82, 2.24) is 29.4 Å². The summed E-state index contributed by atoms with van der Waals surface area (Å²) < 4.78 is 0. The Bertz CT molecular complexity index is 638.